The second-order valence-electron chi connectivity index (χ2n) is 10.4. The topological polar surface area (TPSA) is 57.3 Å². The molecule has 0 radical (unpaired) electrons. The molecule has 3 fully saturated rings. The zero-order chi connectivity index (χ0) is 25.6. The van der Waals surface area contributed by atoms with Crippen LogP contribution in [0.4, 0.5) is 27.6 Å². The Kier molecular flexibility index (Phi) is 6.43. The molecule has 10 heteroatoms. The number of nitrogens with zero attached hydrogens (tertiary/aromatic N) is 2. The summed E-state index contributed by atoms with van der Waals surface area (Å²) in [6.07, 6.45) is 2.05. The zero-order valence-corrected chi connectivity index (χ0v) is 19.9. The van der Waals surface area contributed by atoms with Gasteiger partial charge in [0.05, 0.1) is 16.7 Å². The number of rotatable bonds is 5. The molecule has 1 spiro atoms. The number of pyridine rings is 1. The van der Waals surface area contributed by atoms with Gasteiger partial charge in [-0.2, -0.15) is 13.2 Å². The van der Waals surface area contributed by atoms with Gasteiger partial charge >= 0.3 is 6.18 Å². The smallest absolute Gasteiger partial charge is 0.368 e. The molecule has 1 aliphatic carbocycles. The zero-order valence-electron chi connectivity index (χ0n) is 19.9. The van der Waals surface area contributed by atoms with E-state index < -0.39 is 35.7 Å². The summed E-state index contributed by atoms with van der Waals surface area (Å²) in [6.45, 7) is 1.54. The number of hydrogen-bond donors (Lipinski definition) is 2. The number of amides is 1. The fourth-order valence-electron chi connectivity index (χ4n) is 6.12. The molecule has 5 nitrogen and oxygen atoms in total. The molecule has 1 atom stereocenters. The van der Waals surface area contributed by atoms with Crippen molar-refractivity contribution in [3.8, 4) is 11.1 Å². The Balaban J connectivity index is 1.51. The highest BCUT2D eigenvalue weighted by molar-refractivity contribution is 6.03. The Morgan fingerprint density at radius 1 is 1.03 bits per heavy atom. The first-order chi connectivity index (χ1) is 17.1. The van der Waals surface area contributed by atoms with Crippen molar-refractivity contribution < 1.29 is 26.7 Å². The minimum absolute atomic E-state index is 0.0230. The van der Waals surface area contributed by atoms with Crippen molar-refractivity contribution in [3.63, 3.8) is 0 Å². The van der Waals surface area contributed by atoms with E-state index in [2.05, 4.69) is 15.6 Å². The lowest BCUT2D eigenvalue weighted by Gasteiger charge is -2.32. The Morgan fingerprint density at radius 2 is 1.75 bits per heavy atom. The molecule has 1 amide bonds. The molecule has 2 N–H and O–H groups in total. The van der Waals surface area contributed by atoms with E-state index in [9.17, 15) is 26.7 Å². The summed E-state index contributed by atoms with van der Waals surface area (Å²) in [4.78, 5) is 19.5. The maximum Gasteiger partial charge on any atom is 0.396 e. The van der Waals surface area contributed by atoms with Gasteiger partial charge in [0.1, 0.15) is 11.6 Å². The van der Waals surface area contributed by atoms with Crippen LogP contribution in [0, 0.1) is 17.0 Å². The molecule has 3 aliphatic rings. The van der Waals surface area contributed by atoms with E-state index in [4.69, 9.17) is 0 Å². The number of carbonyl (C=O) groups is 1. The first-order valence-corrected chi connectivity index (χ1v) is 12.4. The van der Waals surface area contributed by atoms with Gasteiger partial charge in [-0.15, -0.1) is 0 Å². The average Bonchev–Trinajstić information content (AvgIpc) is 3.58. The summed E-state index contributed by atoms with van der Waals surface area (Å²) in [6, 6.07) is 3.10. The predicted octanol–water partition coefficient (Wildman–Crippen LogP) is 5.21. The van der Waals surface area contributed by atoms with Crippen LogP contribution < -0.4 is 15.5 Å². The van der Waals surface area contributed by atoms with Gasteiger partial charge in [0.15, 0.2) is 0 Å². The van der Waals surface area contributed by atoms with Crippen LogP contribution in [-0.2, 0) is 0 Å². The van der Waals surface area contributed by atoms with Crippen molar-refractivity contribution >= 4 is 11.6 Å². The number of carbonyl (C=O) groups excluding carboxylic acids is 1. The van der Waals surface area contributed by atoms with Crippen LogP contribution in [-0.4, -0.2) is 48.8 Å². The van der Waals surface area contributed by atoms with Crippen molar-refractivity contribution in [2.45, 2.75) is 56.7 Å². The van der Waals surface area contributed by atoms with E-state index in [1.54, 1.807) is 0 Å². The SMILES string of the molecule is O=C(NCC1(C(F)(F)F)CCCC1)c1cncc(-c2cc(F)cc(F)c2)c1N1CCC2(CCCN2)C1. The first kappa shape index (κ1) is 24.9. The van der Waals surface area contributed by atoms with Crippen LogP contribution in [0.1, 0.15) is 55.3 Å². The number of hydrogen-bond acceptors (Lipinski definition) is 4. The van der Waals surface area contributed by atoms with Crippen molar-refractivity contribution in [1.29, 1.82) is 0 Å². The third kappa shape index (κ3) is 4.55. The molecule has 36 heavy (non-hydrogen) atoms. The molecule has 0 bridgehead atoms. The lowest BCUT2D eigenvalue weighted by molar-refractivity contribution is -0.219. The Labute approximate surface area is 206 Å². The predicted molar refractivity (Wildman–Crippen MR) is 126 cm³/mol. The molecule has 3 heterocycles. The van der Waals surface area contributed by atoms with Gasteiger partial charge in [0, 0.05) is 49.2 Å². The number of aromatic nitrogens is 1. The van der Waals surface area contributed by atoms with Crippen LogP contribution >= 0.6 is 0 Å². The highest BCUT2D eigenvalue weighted by Gasteiger charge is 2.55. The number of nitrogens with one attached hydrogen (secondary N) is 2. The fraction of sp³-hybridized carbons (Fsp3) is 0.538. The van der Waals surface area contributed by atoms with Gasteiger partial charge in [0.2, 0.25) is 0 Å². The maximum absolute atomic E-state index is 14.1. The van der Waals surface area contributed by atoms with Crippen molar-refractivity contribution in [2.24, 2.45) is 5.41 Å². The molecule has 194 valence electrons. The lowest BCUT2D eigenvalue weighted by Crippen LogP contribution is -2.46. The Bertz CT molecular complexity index is 1120. The summed E-state index contributed by atoms with van der Waals surface area (Å²) < 4.78 is 69.8. The second kappa shape index (κ2) is 9.28. The average molecular weight is 509 g/mol. The number of halogens is 5. The van der Waals surface area contributed by atoms with Crippen molar-refractivity contribution in [1.82, 2.24) is 15.6 Å². The van der Waals surface area contributed by atoms with E-state index in [1.165, 1.54) is 24.5 Å². The summed E-state index contributed by atoms with van der Waals surface area (Å²) >= 11 is 0. The molecular formula is C26H29F5N4O. The van der Waals surface area contributed by atoms with E-state index in [0.29, 0.717) is 37.2 Å². The van der Waals surface area contributed by atoms with Crippen LogP contribution in [0.25, 0.3) is 11.1 Å². The monoisotopic (exact) mass is 508 g/mol. The van der Waals surface area contributed by atoms with Crippen LogP contribution in [0.5, 0.6) is 0 Å². The maximum atomic E-state index is 14.1. The highest BCUT2D eigenvalue weighted by atomic mass is 19.4. The fourth-order valence-corrected chi connectivity index (χ4v) is 6.12. The first-order valence-electron chi connectivity index (χ1n) is 12.4. The van der Waals surface area contributed by atoms with E-state index in [1.807, 2.05) is 4.90 Å². The quantitative estimate of drug-likeness (QED) is 0.545. The van der Waals surface area contributed by atoms with Crippen molar-refractivity contribution in [3.05, 3.63) is 47.8 Å². The third-order valence-corrected chi connectivity index (χ3v) is 8.09. The van der Waals surface area contributed by atoms with Crippen LogP contribution in [0.15, 0.2) is 30.6 Å². The van der Waals surface area contributed by atoms with Gasteiger partial charge < -0.3 is 15.5 Å². The molecule has 2 aliphatic heterocycles. The van der Waals surface area contributed by atoms with Gasteiger partial charge in [0.25, 0.3) is 5.91 Å². The van der Waals surface area contributed by atoms with Gasteiger partial charge in [-0.1, -0.05) is 12.8 Å². The summed E-state index contributed by atoms with van der Waals surface area (Å²) in [5.41, 5.74) is -0.945. The molecule has 1 saturated carbocycles. The van der Waals surface area contributed by atoms with Crippen LogP contribution in [0.3, 0.4) is 0 Å². The largest absolute Gasteiger partial charge is 0.396 e. The van der Waals surface area contributed by atoms with Crippen molar-refractivity contribution in [2.75, 3.05) is 31.1 Å². The Morgan fingerprint density at radius 3 is 2.39 bits per heavy atom. The lowest BCUT2D eigenvalue weighted by atomic mass is 9.85. The standard InChI is InChI=1S/C26H29F5N4O/c27-18-10-17(11-19(28)12-18)20-13-32-14-21(22(20)35-9-7-25(16-35)6-3-8-34-25)23(36)33-15-24(26(29,30)31)4-1-2-5-24/h10-14,34H,1-9,15-16H2,(H,33,36). The van der Waals surface area contributed by atoms with Crippen LogP contribution in [0.2, 0.25) is 0 Å². The number of alkyl halides is 3. The molecule has 5 rings (SSSR count). The summed E-state index contributed by atoms with van der Waals surface area (Å²) in [7, 11) is 0. The summed E-state index contributed by atoms with van der Waals surface area (Å²) in [5.74, 6) is -2.21. The van der Waals surface area contributed by atoms with E-state index >= 15 is 0 Å². The van der Waals surface area contributed by atoms with Gasteiger partial charge in [-0.05, 0) is 56.3 Å². The number of anilines is 1. The highest BCUT2D eigenvalue weighted by Crippen LogP contribution is 2.50. The molecular weight excluding hydrogens is 479 g/mol. The molecule has 1 aromatic heterocycles. The van der Waals surface area contributed by atoms with E-state index in [-0.39, 0.29) is 29.5 Å². The van der Waals surface area contributed by atoms with Gasteiger partial charge in [-0.3, -0.25) is 9.78 Å². The Hall–Kier alpha value is -2.75. The van der Waals surface area contributed by atoms with Gasteiger partial charge in [-0.25, -0.2) is 8.78 Å². The third-order valence-electron chi connectivity index (χ3n) is 8.09. The summed E-state index contributed by atoms with van der Waals surface area (Å²) in [5, 5.41) is 6.06. The molecule has 1 unspecified atom stereocenters. The second-order valence-corrected chi connectivity index (χ2v) is 10.4. The molecule has 1 aromatic carbocycles. The molecule has 2 saturated heterocycles. The van der Waals surface area contributed by atoms with E-state index in [0.717, 1.165) is 31.9 Å². The minimum atomic E-state index is -4.42. The minimum Gasteiger partial charge on any atom is -0.368 e. The molecule has 2 aromatic rings. The normalized spacial score (nSPS) is 23.5. The number of benzene rings is 1.